The van der Waals surface area contributed by atoms with Gasteiger partial charge in [-0.2, -0.15) is 0 Å². The lowest BCUT2D eigenvalue weighted by Crippen LogP contribution is -2.02. The van der Waals surface area contributed by atoms with Gasteiger partial charge in [0.2, 0.25) is 0 Å². The van der Waals surface area contributed by atoms with Crippen LogP contribution in [0.2, 0.25) is 5.02 Å². The van der Waals surface area contributed by atoms with Crippen molar-refractivity contribution >= 4 is 29.1 Å². The number of hydrogen-bond acceptors (Lipinski definition) is 2. The van der Waals surface area contributed by atoms with E-state index in [0.717, 1.165) is 29.2 Å². The fraction of sp³-hybridized carbons (Fsp3) is 0.278. The molecule has 0 fully saturated rings. The number of hydrogen-bond donors (Lipinski definition) is 0. The van der Waals surface area contributed by atoms with Crippen LogP contribution in [0.5, 0.6) is 0 Å². The second-order valence-corrected chi connectivity index (χ2v) is 6.41. The van der Waals surface area contributed by atoms with Gasteiger partial charge in [-0.05, 0) is 29.7 Å². The van der Waals surface area contributed by atoms with Crippen molar-refractivity contribution in [2.75, 3.05) is 5.75 Å². The molecule has 1 nitrogen and oxygen atoms in total. The van der Waals surface area contributed by atoms with Crippen molar-refractivity contribution in [2.24, 2.45) is 0 Å². The molecule has 0 aliphatic rings. The Bertz CT molecular complexity index is 575. The van der Waals surface area contributed by atoms with Crippen LogP contribution >= 0.6 is 23.4 Å². The van der Waals surface area contributed by atoms with Gasteiger partial charge in [0.05, 0.1) is 5.75 Å². The zero-order valence-electron chi connectivity index (χ0n) is 12.1. The van der Waals surface area contributed by atoms with Crippen molar-refractivity contribution in [3.63, 3.8) is 0 Å². The summed E-state index contributed by atoms with van der Waals surface area (Å²) in [4.78, 5) is 12.1. The van der Waals surface area contributed by atoms with Gasteiger partial charge in [-0.25, -0.2) is 0 Å². The maximum absolute atomic E-state index is 12.1. The Labute approximate surface area is 135 Å². The Morgan fingerprint density at radius 1 is 1.00 bits per heavy atom. The molecule has 0 atom stereocenters. The second-order valence-electron chi connectivity index (χ2n) is 4.99. The van der Waals surface area contributed by atoms with Crippen LogP contribution in [0.25, 0.3) is 0 Å². The molecule has 0 saturated heterocycles. The molecule has 0 bridgehead atoms. The summed E-state index contributed by atoms with van der Waals surface area (Å²) in [6.07, 6.45) is 2.20. The topological polar surface area (TPSA) is 17.1 Å². The molecule has 2 aromatic carbocycles. The number of ketones is 1. The lowest BCUT2D eigenvalue weighted by molar-refractivity contribution is 0.102. The predicted octanol–water partition coefficient (Wildman–Crippen LogP) is 5.41. The van der Waals surface area contributed by atoms with E-state index in [0.29, 0.717) is 5.75 Å². The largest absolute Gasteiger partial charge is 0.293 e. The van der Waals surface area contributed by atoms with Crippen LogP contribution in [0.15, 0.2) is 48.5 Å². The smallest absolute Gasteiger partial charge is 0.172 e. The molecule has 0 spiro atoms. The number of Topliss-reactive ketones (excluding diaryl/α,β-unsaturated/α-hetero) is 1. The number of aryl methyl sites for hydroxylation is 1. The molecule has 2 rings (SSSR count). The average molecular weight is 319 g/mol. The van der Waals surface area contributed by atoms with E-state index in [1.54, 1.807) is 11.8 Å². The van der Waals surface area contributed by atoms with E-state index in [-0.39, 0.29) is 5.78 Å². The fourth-order valence-corrected chi connectivity index (χ4v) is 3.08. The number of benzene rings is 2. The minimum Gasteiger partial charge on any atom is -0.293 e. The van der Waals surface area contributed by atoms with Gasteiger partial charge in [0.1, 0.15) is 0 Å². The number of halogens is 1. The van der Waals surface area contributed by atoms with Crippen LogP contribution in [0, 0.1) is 0 Å². The Morgan fingerprint density at radius 3 is 2.24 bits per heavy atom. The lowest BCUT2D eigenvalue weighted by atomic mass is 10.1. The summed E-state index contributed by atoms with van der Waals surface area (Å²) < 4.78 is 0. The molecule has 0 aliphatic carbocycles. The Morgan fingerprint density at radius 2 is 1.62 bits per heavy atom. The monoisotopic (exact) mass is 318 g/mol. The first-order valence-corrected chi connectivity index (χ1v) is 8.66. The third kappa shape index (κ3) is 5.22. The summed E-state index contributed by atoms with van der Waals surface area (Å²) in [5.41, 5.74) is 3.29. The molecule has 0 saturated carbocycles. The molecule has 0 N–H and O–H groups in total. The summed E-state index contributed by atoms with van der Waals surface area (Å²) in [6.45, 7) is 2.16. The summed E-state index contributed by atoms with van der Waals surface area (Å²) in [5.74, 6) is 1.53. The molecular weight excluding hydrogens is 300 g/mol. The highest BCUT2D eigenvalue weighted by molar-refractivity contribution is 7.99. The van der Waals surface area contributed by atoms with E-state index in [1.807, 2.05) is 36.4 Å². The molecule has 2 aromatic rings. The molecule has 0 aliphatic heterocycles. The minimum absolute atomic E-state index is 0.192. The molecule has 0 unspecified atom stereocenters. The van der Waals surface area contributed by atoms with Gasteiger partial charge in [-0.15, -0.1) is 11.8 Å². The quantitative estimate of drug-likeness (QED) is 0.635. The summed E-state index contributed by atoms with van der Waals surface area (Å²) >= 11 is 7.49. The molecule has 0 aromatic heterocycles. The highest BCUT2D eigenvalue weighted by Gasteiger charge is 2.06. The van der Waals surface area contributed by atoms with Gasteiger partial charge in [-0.1, -0.05) is 61.3 Å². The summed E-state index contributed by atoms with van der Waals surface area (Å²) in [7, 11) is 0. The lowest BCUT2D eigenvalue weighted by Gasteiger charge is -2.04. The van der Waals surface area contributed by atoms with E-state index >= 15 is 0 Å². The Balaban J connectivity index is 1.82. The normalized spacial score (nSPS) is 10.6. The van der Waals surface area contributed by atoms with Crippen molar-refractivity contribution < 1.29 is 4.79 Å². The van der Waals surface area contributed by atoms with E-state index < -0.39 is 0 Å². The van der Waals surface area contributed by atoms with Crippen molar-refractivity contribution in [1.82, 2.24) is 0 Å². The van der Waals surface area contributed by atoms with Crippen molar-refractivity contribution in [3.05, 3.63) is 70.2 Å². The average Bonchev–Trinajstić information content (AvgIpc) is 2.50. The molecular formula is C18H19ClOS. The van der Waals surface area contributed by atoms with E-state index in [1.165, 1.54) is 11.1 Å². The molecule has 0 radical (unpaired) electrons. The van der Waals surface area contributed by atoms with Gasteiger partial charge in [0, 0.05) is 16.3 Å². The number of carbonyl (C=O) groups is 1. The third-order valence-corrected chi connectivity index (χ3v) is 4.49. The van der Waals surface area contributed by atoms with Crippen LogP contribution in [0.3, 0.4) is 0 Å². The van der Waals surface area contributed by atoms with Crippen LogP contribution in [0.4, 0.5) is 0 Å². The fourth-order valence-electron chi connectivity index (χ4n) is 2.07. The Kier molecular flexibility index (Phi) is 6.34. The first-order valence-electron chi connectivity index (χ1n) is 7.13. The van der Waals surface area contributed by atoms with Gasteiger partial charge in [-0.3, -0.25) is 4.79 Å². The van der Waals surface area contributed by atoms with Gasteiger partial charge in [0.15, 0.2) is 5.78 Å². The van der Waals surface area contributed by atoms with E-state index in [9.17, 15) is 4.79 Å². The van der Waals surface area contributed by atoms with Gasteiger partial charge < -0.3 is 0 Å². The number of rotatable bonds is 7. The summed E-state index contributed by atoms with van der Waals surface area (Å²) in [5, 5.41) is 0.743. The molecule has 110 valence electrons. The molecule has 21 heavy (non-hydrogen) atoms. The number of thioether (sulfide) groups is 1. The zero-order chi connectivity index (χ0) is 15.1. The van der Waals surface area contributed by atoms with Gasteiger partial charge >= 0.3 is 0 Å². The van der Waals surface area contributed by atoms with Crippen molar-refractivity contribution in [2.45, 2.75) is 25.5 Å². The van der Waals surface area contributed by atoms with E-state index in [4.69, 9.17) is 11.6 Å². The minimum atomic E-state index is 0.192. The maximum Gasteiger partial charge on any atom is 0.172 e. The highest BCUT2D eigenvalue weighted by atomic mass is 35.5. The maximum atomic E-state index is 12.1. The summed E-state index contributed by atoms with van der Waals surface area (Å²) in [6, 6.07) is 15.8. The SMILES string of the molecule is CCCc1ccc(C(=O)CSCc2ccc(Cl)cc2)cc1. The van der Waals surface area contributed by atoms with Crippen LogP contribution in [-0.4, -0.2) is 11.5 Å². The second kappa shape index (κ2) is 8.26. The first kappa shape index (κ1) is 16.1. The molecule has 0 heterocycles. The van der Waals surface area contributed by atoms with Gasteiger partial charge in [0.25, 0.3) is 0 Å². The van der Waals surface area contributed by atoms with Crippen LogP contribution in [-0.2, 0) is 12.2 Å². The van der Waals surface area contributed by atoms with E-state index in [2.05, 4.69) is 19.1 Å². The zero-order valence-corrected chi connectivity index (χ0v) is 13.7. The van der Waals surface area contributed by atoms with Crippen LogP contribution in [0.1, 0.15) is 34.8 Å². The predicted molar refractivity (Wildman–Crippen MR) is 92.4 cm³/mol. The number of carbonyl (C=O) groups excluding carboxylic acids is 1. The van der Waals surface area contributed by atoms with Crippen molar-refractivity contribution in [3.8, 4) is 0 Å². The standard InChI is InChI=1S/C18H19ClOS/c1-2-3-14-4-8-16(9-5-14)18(20)13-21-12-15-6-10-17(19)11-7-15/h4-11H,2-3,12-13H2,1H3. The van der Waals surface area contributed by atoms with Crippen molar-refractivity contribution in [1.29, 1.82) is 0 Å². The highest BCUT2D eigenvalue weighted by Crippen LogP contribution is 2.17. The first-order chi connectivity index (χ1) is 10.2. The molecule has 3 heteroatoms. The van der Waals surface area contributed by atoms with Crippen LogP contribution < -0.4 is 0 Å². The molecule has 0 amide bonds. The Hall–Kier alpha value is -1.25. The third-order valence-electron chi connectivity index (χ3n) is 3.23.